The van der Waals surface area contributed by atoms with E-state index in [0.29, 0.717) is 23.6 Å². The molecule has 0 aromatic heterocycles. The zero-order valence-corrected chi connectivity index (χ0v) is 7.58. The molecule has 3 nitrogen and oxygen atoms in total. The monoisotopic (exact) mass is 200 g/mol. The van der Waals surface area contributed by atoms with Gasteiger partial charge >= 0.3 is 5.97 Å². The second-order valence-corrected chi connectivity index (χ2v) is 3.44. The van der Waals surface area contributed by atoms with Gasteiger partial charge in [-0.05, 0) is 30.2 Å². The lowest BCUT2D eigenvalue weighted by atomic mass is 10.0. The van der Waals surface area contributed by atoms with Crippen molar-refractivity contribution in [1.82, 2.24) is 0 Å². The van der Waals surface area contributed by atoms with E-state index < -0.39 is 5.97 Å². The summed E-state index contributed by atoms with van der Waals surface area (Å²) in [7, 11) is 0. The summed E-state index contributed by atoms with van der Waals surface area (Å²) < 4.78 is 4.80. The average molecular weight is 201 g/mol. The van der Waals surface area contributed by atoms with Crippen LogP contribution in [0, 0.1) is 0 Å². The molecule has 0 fully saturated rings. The second kappa shape index (κ2) is 2.96. The number of hydrogen-bond donors (Lipinski definition) is 2. The molecule has 4 heteroatoms. The molecular weight excluding hydrogens is 192 g/mol. The van der Waals surface area contributed by atoms with Crippen molar-refractivity contribution in [2.24, 2.45) is 0 Å². The molecular formula is C9H9ClO3. The highest BCUT2D eigenvalue weighted by Gasteiger charge is 2.33. The van der Waals surface area contributed by atoms with Gasteiger partial charge < -0.3 is 14.9 Å². The molecule has 0 saturated heterocycles. The zero-order valence-electron chi connectivity index (χ0n) is 6.83. The maximum absolute atomic E-state index is 9.41. The average Bonchev–Trinajstić information content (AvgIpc) is 2.02. The molecule has 1 aliphatic heterocycles. The summed E-state index contributed by atoms with van der Waals surface area (Å²) >= 11 is 5.77. The van der Waals surface area contributed by atoms with E-state index >= 15 is 0 Å². The second-order valence-electron chi connectivity index (χ2n) is 3.01. The Hall–Kier alpha value is -0.610. The van der Waals surface area contributed by atoms with Gasteiger partial charge in [0.2, 0.25) is 0 Å². The van der Waals surface area contributed by atoms with Crippen LogP contribution in [0.25, 0.3) is 0 Å². The van der Waals surface area contributed by atoms with E-state index in [1.54, 1.807) is 18.2 Å². The quantitative estimate of drug-likeness (QED) is 0.615. The van der Waals surface area contributed by atoms with Gasteiger partial charge in [0.15, 0.2) is 0 Å². The molecule has 1 aliphatic rings. The van der Waals surface area contributed by atoms with Crippen molar-refractivity contribution in [3.63, 3.8) is 0 Å². The highest BCUT2D eigenvalue weighted by molar-refractivity contribution is 6.30. The molecule has 1 aromatic rings. The maximum Gasteiger partial charge on any atom is 0.307 e. The number of rotatable bonds is 0. The first-order chi connectivity index (χ1) is 6.09. The molecule has 0 bridgehead atoms. The van der Waals surface area contributed by atoms with Gasteiger partial charge in [-0.15, -0.1) is 0 Å². The van der Waals surface area contributed by atoms with Gasteiger partial charge in [-0.1, -0.05) is 11.6 Å². The number of benzene rings is 1. The molecule has 2 rings (SSSR count). The molecule has 1 aromatic carbocycles. The summed E-state index contributed by atoms with van der Waals surface area (Å²) in [6, 6.07) is 4.90. The lowest BCUT2D eigenvalue weighted by molar-refractivity contribution is -0.354. The van der Waals surface area contributed by atoms with E-state index in [2.05, 4.69) is 0 Å². The van der Waals surface area contributed by atoms with Crippen LogP contribution in [0.15, 0.2) is 18.2 Å². The van der Waals surface area contributed by atoms with Gasteiger partial charge in [0.25, 0.3) is 0 Å². The fraction of sp³-hybridized carbons (Fsp3) is 0.333. The van der Waals surface area contributed by atoms with Crippen molar-refractivity contribution in [2.45, 2.75) is 12.4 Å². The van der Waals surface area contributed by atoms with Crippen molar-refractivity contribution in [1.29, 1.82) is 0 Å². The van der Waals surface area contributed by atoms with Crippen molar-refractivity contribution < 1.29 is 14.9 Å². The van der Waals surface area contributed by atoms with Crippen molar-refractivity contribution in [3.8, 4) is 0 Å². The van der Waals surface area contributed by atoms with Crippen LogP contribution in [-0.4, -0.2) is 16.8 Å². The fourth-order valence-corrected chi connectivity index (χ4v) is 1.66. The predicted octanol–water partition coefficient (Wildman–Crippen LogP) is 1.01. The highest BCUT2D eigenvalue weighted by atomic mass is 35.5. The molecule has 0 saturated carbocycles. The van der Waals surface area contributed by atoms with Gasteiger partial charge in [0.1, 0.15) is 0 Å². The Labute approximate surface area is 80.5 Å². The molecule has 0 spiro atoms. The number of fused-ring (bicyclic) bond motifs is 1. The topological polar surface area (TPSA) is 49.7 Å². The summed E-state index contributed by atoms with van der Waals surface area (Å²) in [6.45, 7) is 0.292. The summed E-state index contributed by atoms with van der Waals surface area (Å²) in [4.78, 5) is 0. The lowest BCUT2D eigenvalue weighted by Gasteiger charge is -2.29. The van der Waals surface area contributed by atoms with E-state index in [1.807, 2.05) is 0 Å². The van der Waals surface area contributed by atoms with Crippen LogP contribution in [0.5, 0.6) is 0 Å². The summed E-state index contributed by atoms with van der Waals surface area (Å²) in [5.74, 6) is -2.15. The SMILES string of the molecule is OC1(O)OCCc2cc(Cl)ccc21. The van der Waals surface area contributed by atoms with Gasteiger partial charge in [-0.25, -0.2) is 0 Å². The third kappa shape index (κ3) is 1.56. The Bertz CT molecular complexity index is 336. The minimum atomic E-state index is -2.15. The van der Waals surface area contributed by atoms with Crippen LogP contribution < -0.4 is 0 Å². The molecule has 13 heavy (non-hydrogen) atoms. The first-order valence-electron chi connectivity index (χ1n) is 3.97. The minimum absolute atomic E-state index is 0.292. The Morgan fingerprint density at radius 2 is 2.15 bits per heavy atom. The fourth-order valence-electron chi connectivity index (χ4n) is 1.47. The van der Waals surface area contributed by atoms with Crippen LogP contribution in [0.2, 0.25) is 5.02 Å². The van der Waals surface area contributed by atoms with Crippen molar-refractivity contribution in [3.05, 3.63) is 34.3 Å². The van der Waals surface area contributed by atoms with Crippen LogP contribution in [-0.2, 0) is 17.1 Å². The normalized spacial score (nSPS) is 19.6. The molecule has 0 atom stereocenters. The number of ether oxygens (including phenoxy) is 1. The van der Waals surface area contributed by atoms with Gasteiger partial charge in [-0.2, -0.15) is 0 Å². The largest absolute Gasteiger partial charge is 0.340 e. The molecule has 0 amide bonds. The predicted molar refractivity (Wildman–Crippen MR) is 47.2 cm³/mol. The molecule has 2 N–H and O–H groups in total. The smallest absolute Gasteiger partial charge is 0.307 e. The van der Waals surface area contributed by atoms with E-state index in [-0.39, 0.29) is 0 Å². The Kier molecular flexibility index (Phi) is 2.04. The Morgan fingerprint density at radius 3 is 2.92 bits per heavy atom. The number of halogens is 1. The Balaban J connectivity index is 2.53. The van der Waals surface area contributed by atoms with Gasteiger partial charge in [-0.3, -0.25) is 0 Å². The summed E-state index contributed by atoms with van der Waals surface area (Å²) in [5, 5.41) is 19.4. The van der Waals surface area contributed by atoms with Crippen LogP contribution in [0.4, 0.5) is 0 Å². The lowest BCUT2D eigenvalue weighted by Crippen LogP contribution is -2.34. The Morgan fingerprint density at radius 1 is 1.38 bits per heavy atom. The zero-order chi connectivity index (χ0) is 9.47. The minimum Gasteiger partial charge on any atom is -0.340 e. The number of hydrogen-bond acceptors (Lipinski definition) is 3. The highest BCUT2D eigenvalue weighted by Crippen LogP contribution is 2.30. The van der Waals surface area contributed by atoms with Gasteiger partial charge in [0.05, 0.1) is 6.61 Å². The third-order valence-electron chi connectivity index (χ3n) is 2.09. The summed E-state index contributed by atoms with van der Waals surface area (Å²) in [6.07, 6.45) is 0.652. The van der Waals surface area contributed by atoms with Crippen molar-refractivity contribution in [2.75, 3.05) is 6.61 Å². The van der Waals surface area contributed by atoms with Crippen LogP contribution >= 0.6 is 11.6 Å². The molecule has 0 radical (unpaired) electrons. The van der Waals surface area contributed by atoms with Gasteiger partial charge in [0, 0.05) is 10.6 Å². The first kappa shape index (κ1) is 8.97. The standard InChI is InChI=1S/C9H9ClO3/c10-7-1-2-8-6(5-7)3-4-13-9(8,11)12/h1-2,5,11-12H,3-4H2. The van der Waals surface area contributed by atoms with Crippen LogP contribution in [0.3, 0.4) is 0 Å². The van der Waals surface area contributed by atoms with E-state index in [1.165, 1.54) is 0 Å². The molecule has 70 valence electrons. The van der Waals surface area contributed by atoms with Crippen molar-refractivity contribution >= 4 is 11.6 Å². The maximum atomic E-state index is 9.41. The van der Waals surface area contributed by atoms with E-state index in [0.717, 1.165) is 5.56 Å². The molecule has 1 heterocycles. The summed E-state index contributed by atoms with van der Waals surface area (Å²) in [5.41, 5.74) is 1.20. The third-order valence-corrected chi connectivity index (χ3v) is 2.33. The van der Waals surface area contributed by atoms with Crippen LogP contribution in [0.1, 0.15) is 11.1 Å². The van der Waals surface area contributed by atoms with E-state index in [9.17, 15) is 10.2 Å². The number of aliphatic hydroxyl groups is 2. The molecule has 0 aliphatic carbocycles. The molecule has 0 unspecified atom stereocenters. The van der Waals surface area contributed by atoms with E-state index in [4.69, 9.17) is 16.3 Å². The first-order valence-corrected chi connectivity index (χ1v) is 4.35.